The zero-order valence-corrected chi connectivity index (χ0v) is 14.8. The van der Waals surface area contributed by atoms with Crippen LogP contribution in [0.25, 0.3) is 22.5 Å². The van der Waals surface area contributed by atoms with Gasteiger partial charge in [0.05, 0.1) is 23.0 Å². The lowest BCUT2D eigenvalue weighted by molar-refractivity contribution is -0.119. The van der Waals surface area contributed by atoms with Crippen LogP contribution in [0.2, 0.25) is 0 Å². The van der Waals surface area contributed by atoms with Gasteiger partial charge in [-0.2, -0.15) is 14.9 Å². The quantitative estimate of drug-likeness (QED) is 0.581. The Labute approximate surface area is 154 Å². The molecule has 0 atom stereocenters. The Morgan fingerprint density at radius 1 is 1.19 bits per heavy atom. The number of anilines is 1. The van der Waals surface area contributed by atoms with E-state index in [9.17, 15) is 4.79 Å². The van der Waals surface area contributed by atoms with E-state index in [1.807, 2.05) is 37.3 Å². The highest BCUT2D eigenvalue weighted by Crippen LogP contribution is 2.24. The number of aryl methyl sites for hydroxylation is 1. The first kappa shape index (κ1) is 16.9. The zero-order valence-electron chi connectivity index (χ0n) is 14.8. The number of carbonyl (C=O) groups excluding carboxylic acids is 1. The maximum absolute atomic E-state index is 11.9. The molecule has 0 spiro atoms. The second kappa shape index (κ2) is 6.96. The molecule has 0 saturated heterocycles. The van der Waals surface area contributed by atoms with E-state index in [1.165, 1.54) is 13.4 Å². The van der Waals surface area contributed by atoms with Gasteiger partial charge < -0.3 is 10.1 Å². The average molecular weight is 363 g/mol. The first-order valence-electron chi connectivity index (χ1n) is 8.27. The highest BCUT2D eigenvalue weighted by atomic mass is 16.5. The monoisotopic (exact) mass is 363 g/mol. The van der Waals surface area contributed by atoms with E-state index in [1.54, 1.807) is 21.6 Å². The third-order valence-corrected chi connectivity index (χ3v) is 3.92. The van der Waals surface area contributed by atoms with Crippen LogP contribution in [0, 0.1) is 6.92 Å². The van der Waals surface area contributed by atoms with Crippen molar-refractivity contribution >= 4 is 22.8 Å². The Bertz CT molecular complexity index is 1100. The van der Waals surface area contributed by atoms with E-state index in [-0.39, 0.29) is 12.5 Å². The van der Waals surface area contributed by atoms with Crippen LogP contribution in [-0.4, -0.2) is 49.2 Å². The van der Waals surface area contributed by atoms with Crippen LogP contribution < -0.4 is 5.32 Å². The fraction of sp³-hybridized carbons (Fsp3) is 0.167. The standard InChI is InChI=1S/C18H17N7O2/c1-12-8-15(22-16(26)10-27-2)25(23-12)18-14-9-21-24(17(14)19-11-20-18)13-6-4-3-5-7-13/h3-9,11H,10H2,1-2H3,(H,22,26). The molecule has 4 rings (SSSR count). The largest absolute Gasteiger partial charge is 0.375 e. The number of carbonyl (C=O) groups is 1. The van der Waals surface area contributed by atoms with Gasteiger partial charge in [-0.1, -0.05) is 18.2 Å². The number of fused-ring (bicyclic) bond motifs is 1. The second-order valence-corrected chi connectivity index (χ2v) is 5.89. The van der Waals surface area contributed by atoms with Gasteiger partial charge in [-0.3, -0.25) is 4.79 Å². The fourth-order valence-corrected chi connectivity index (χ4v) is 2.82. The number of methoxy groups -OCH3 is 1. The topological polar surface area (TPSA) is 99.8 Å². The Balaban J connectivity index is 1.82. The molecular weight excluding hydrogens is 346 g/mol. The van der Waals surface area contributed by atoms with Gasteiger partial charge in [0.2, 0.25) is 0 Å². The van der Waals surface area contributed by atoms with Crippen LogP contribution in [-0.2, 0) is 9.53 Å². The lowest BCUT2D eigenvalue weighted by atomic mass is 10.3. The number of hydrogen-bond donors (Lipinski definition) is 1. The maximum Gasteiger partial charge on any atom is 0.251 e. The van der Waals surface area contributed by atoms with Crippen molar-refractivity contribution in [3.8, 4) is 11.5 Å². The van der Waals surface area contributed by atoms with E-state index in [0.29, 0.717) is 22.7 Å². The normalized spacial score (nSPS) is 11.0. The number of ether oxygens (including phenoxy) is 1. The van der Waals surface area contributed by atoms with Gasteiger partial charge >= 0.3 is 0 Å². The number of benzene rings is 1. The summed E-state index contributed by atoms with van der Waals surface area (Å²) in [6, 6.07) is 11.5. The van der Waals surface area contributed by atoms with Crippen molar-refractivity contribution in [2.45, 2.75) is 6.92 Å². The summed E-state index contributed by atoms with van der Waals surface area (Å²) in [5.74, 6) is 0.758. The van der Waals surface area contributed by atoms with Crippen LogP contribution in [0.1, 0.15) is 5.69 Å². The van der Waals surface area contributed by atoms with Crippen molar-refractivity contribution in [2.75, 3.05) is 19.0 Å². The van der Waals surface area contributed by atoms with Gasteiger partial charge in [-0.25, -0.2) is 14.6 Å². The molecule has 4 aromatic rings. The molecule has 27 heavy (non-hydrogen) atoms. The zero-order chi connectivity index (χ0) is 18.8. The van der Waals surface area contributed by atoms with Crippen molar-refractivity contribution in [3.63, 3.8) is 0 Å². The van der Waals surface area contributed by atoms with Crippen LogP contribution in [0.4, 0.5) is 5.82 Å². The molecule has 0 unspecified atom stereocenters. The molecule has 1 N–H and O–H groups in total. The average Bonchev–Trinajstić information content (AvgIpc) is 3.26. The summed E-state index contributed by atoms with van der Waals surface area (Å²) in [5, 5.41) is 12.4. The lowest BCUT2D eigenvalue weighted by Gasteiger charge is -2.09. The highest BCUT2D eigenvalue weighted by molar-refractivity contribution is 5.92. The molecule has 0 radical (unpaired) electrons. The molecule has 1 amide bonds. The van der Waals surface area contributed by atoms with Crippen molar-refractivity contribution < 1.29 is 9.53 Å². The summed E-state index contributed by atoms with van der Waals surface area (Å²) < 4.78 is 8.18. The smallest absolute Gasteiger partial charge is 0.251 e. The third-order valence-electron chi connectivity index (χ3n) is 3.92. The maximum atomic E-state index is 11.9. The number of rotatable bonds is 5. The molecule has 136 valence electrons. The first-order chi connectivity index (χ1) is 13.2. The Morgan fingerprint density at radius 3 is 2.78 bits per heavy atom. The van der Waals surface area contributed by atoms with Crippen LogP contribution in [0.15, 0.2) is 48.9 Å². The number of para-hydroxylation sites is 1. The van der Waals surface area contributed by atoms with E-state index in [4.69, 9.17) is 4.74 Å². The predicted octanol–water partition coefficient (Wildman–Crippen LogP) is 1.89. The molecule has 3 aromatic heterocycles. The molecule has 0 aliphatic rings. The molecule has 0 aliphatic carbocycles. The molecule has 9 heteroatoms. The van der Waals surface area contributed by atoms with E-state index >= 15 is 0 Å². The molecule has 0 fully saturated rings. The summed E-state index contributed by atoms with van der Waals surface area (Å²) in [5.41, 5.74) is 2.28. The number of nitrogens with zero attached hydrogens (tertiary/aromatic N) is 6. The number of amides is 1. The van der Waals surface area contributed by atoms with E-state index in [0.717, 1.165) is 11.4 Å². The summed E-state index contributed by atoms with van der Waals surface area (Å²) in [6.07, 6.45) is 3.14. The minimum Gasteiger partial charge on any atom is -0.375 e. The van der Waals surface area contributed by atoms with Gasteiger partial charge in [-0.15, -0.1) is 0 Å². The molecule has 0 bridgehead atoms. The first-order valence-corrected chi connectivity index (χ1v) is 8.27. The molecule has 1 aromatic carbocycles. The highest BCUT2D eigenvalue weighted by Gasteiger charge is 2.17. The number of aromatic nitrogens is 6. The van der Waals surface area contributed by atoms with Crippen LogP contribution >= 0.6 is 0 Å². The van der Waals surface area contributed by atoms with Crippen molar-refractivity contribution in [3.05, 3.63) is 54.6 Å². The third kappa shape index (κ3) is 3.15. The number of nitrogens with one attached hydrogen (secondary N) is 1. The van der Waals surface area contributed by atoms with Crippen molar-refractivity contribution in [1.82, 2.24) is 29.5 Å². The van der Waals surface area contributed by atoms with Gasteiger partial charge in [0, 0.05) is 13.2 Å². The Kier molecular flexibility index (Phi) is 4.35. The van der Waals surface area contributed by atoms with Gasteiger partial charge in [0.25, 0.3) is 5.91 Å². The molecule has 0 aliphatic heterocycles. The van der Waals surface area contributed by atoms with E-state index < -0.39 is 0 Å². The van der Waals surface area contributed by atoms with Crippen LogP contribution in [0.5, 0.6) is 0 Å². The van der Waals surface area contributed by atoms with Crippen LogP contribution in [0.3, 0.4) is 0 Å². The molecule has 0 saturated carbocycles. The Hall–Kier alpha value is -3.59. The molecule has 9 nitrogen and oxygen atoms in total. The van der Waals surface area contributed by atoms with Gasteiger partial charge in [0.15, 0.2) is 11.5 Å². The SMILES string of the molecule is COCC(=O)Nc1cc(C)nn1-c1ncnc2c1cnn2-c1ccccc1. The minimum absolute atomic E-state index is 0.0463. The number of hydrogen-bond acceptors (Lipinski definition) is 6. The van der Waals surface area contributed by atoms with Gasteiger partial charge in [0.1, 0.15) is 18.8 Å². The summed E-state index contributed by atoms with van der Waals surface area (Å²) >= 11 is 0. The van der Waals surface area contributed by atoms with Gasteiger partial charge in [-0.05, 0) is 19.1 Å². The lowest BCUT2D eigenvalue weighted by Crippen LogP contribution is -2.19. The molecule has 3 heterocycles. The van der Waals surface area contributed by atoms with Crippen molar-refractivity contribution in [1.29, 1.82) is 0 Å². The van der Waals surface area contributed by atoms with E-state index in [2.05, 4.69) is 25.5 Å². The Morgan fingerprint density at radius 2 is 2.00 bits per heavy atom. The summed E-state index contributed by atoms with van der Waals surface area (Å²) in [4.78, 5) is 20.7. The minimum atomic E-state index is -0.274. The summed E-state index contributed by atoms with van der Waals surface area (Å²) in [7, 11) is 1.47. The summed E-state index contributed by atoms with van der Waals surface area (Å²) in [6.45, 7) is 1.80. The fourth-order valence-electron chi connectivity index (χ4n) is 2.82. The second-order valence-electron chi connectivity index (χ2n) is 5.89. The predicted molar refractivity (Wildman–Crippen MR) is 99.0 cm³/mol. The molecular formula is C18H17N7O2. The van der Waals surface area contributed by atoms with Crippen molar-refractivity contribution in [2.24, 2.45) is 0 Å².